The first-order valence-corrected chi connectivity index (χ1v) is 12.6. The Labute approximate surface area is 213 Å². The maximum atomic E-state index is 15.7. The number of nitrogens with one attached hydrogen (secondary N) is 1. The molecule has 0 aliphatic carbocycles. The van der Waals surface area contributed by atoms with Gasteiger partial charge in [0.2, 0.25) is 11.8 Å². The van der Waals surface area contributed by atoms with Crippen molar-refractivity contribution in [2.75, 3.05) is 13.1 Å². The van der Waals surface area contributed by atoms with Gasteiger partial charge >= 0.3 is 0 Å². The minimum atomic E-state index is -0.862. The standard InChI is InChI=1S/C27H30F2N4O4/c1-27(2,37)16-8-11-32(12-9-16)13-15-7-10-30-24(22(15)28)18-4-3-17-19(23(18)29)14-33(26(17)36)20-5-6-21(34)31-25(20)35/h3-4,7,10,16,20,37H,5-6,8-9,11-14H2,1-2H3,(H,31,34,35). The third-order valence-electron chi connectivity index (χ3n) is 7.85. The van der Waals surface area contributed by atoms with E-state index < -0.39 is 41.0 Å². The van der Waals surface area contributed by atoms with Gasteiger partial charge in [-0.1, -0.05) is 0 Å². The van der Waals surface area contributed by atoms with Gasteiger partial charge < -0.3 is 10.0 Å². The number of likely N-dealkylation sites (tertiary alicyclic amines) is 1. The Hall–Kier alpha value is -3.24. The van der Waals surface area contributed by atoms with Crippen molar-refractivity contribution in [2.45, 2.75) is 64.3 Å². The summed E-state index contributed by atoms with van der Waals surface area (Å²) in [7, 11) is 0. The fraction of sp³-hybridized carbons (Fsp3) is 0.481. The number of imide groups is 1. The average molecular weight is 513 g/mol. The zero-order valence-corrected chi connectivity index (χ0v) is 20.9. The maximum absolute atomic E-state index is 15.7. The summed E-state index contributed by atoms with van der Waals surface area (Å²) in [5.74, 6) is -2.64. The monoisotopic (exact) mass is 512 g/mol. The van der Waals surface area contributed by atoms with Crippen molar-refractivity contribution in [3.8, 4) is 11.3 Å². The molecule has 2 fully saturated rings. The largest absolute Gasteiger partial charge is 0.390 e. The highest BCUT2D eigenvalue weighted by molar-refractivity contribution is 6.05. The molecule has 0 saturated carbocycles. The number of nitrogens with zero attached hydrogens (tertiary/aromatic N) is 3. The van der Waals surface area contributed by atoms with Gasteiger partial charge in [-0.15, -0.1) is 0 Å². The van der Waals surface area contributed by atoms with E-state index in [-0.39, 0.29) is 47.7 Å². The molecule has 5 rings (SSSR count). The number of piperidine rings is 2. The maximum Gasteiger partial charge on any atom is 0.255 e. The minimum Gasteiger partial charge on any atom is -0.390 e. The average Bonchev–Trinajstić information content (AvgIpc) is 3.18. The number of carbonyl (C=O) groups is 3. The van der Waals surface area contributed by atoms with Gasteiger partial charge in [0.25, 0.3) is 5.91 Å². The number of hydrogen-bond donors (Lipinski definition) is 2. The summed E-state index contributed by atoms with van der Waals surface area (Å²) in [6.45, 7) is 5.26. The topological polar surface area (TPSA) is 103 Å². The summed E-state index contributed by atoms with van der Waals surface area (Å²) < 4.78 is 31.3. The second-order valence-electron chi connectivity index (χ2n) is 10.7. The van der Waals surface area contributed by atoms with Crippen LogP contribution in [0, 0.1) is 17.6 Å². The van der Waals surface area contributed by atoms with Crippen molar-refractivity contribution in [1.29, 1.82) is 0 Å². The number of fused-ring (bicyclic) bond motifs is 1. The molecule has 196 valence electrons. The zero-order chi connectivity index (χ0) is 26.5. The molecule has 3 amide bonds. The van der Waals surface area contributed by atoms with Crippen LogP contribution in [0.2, 0.25) is 0 Å². The van der Waals surface area contributed by atoms with Gasteiger partial charge in [0.15, 0.2) is 5.82 Å². The van der Waals surface area contributed by atoms with Crippen LogP contribution in [0.4, 0.5) is 8.78 Å². The molecule has 0 radical (unpaired) electrons. The van der Waals surface area contributed by atoms with Gasteiger partial charge in [0.05, 0.1) is 12.1 Å². The Bertz CT molecular complexity index is 1270. The second kappa shape index (κ2) is 9.57. The van der Waals surface area contributed by atoms with Crippen LogP contribution in [-0.2, 0) is 22.7 Å². The molecule has 2 saturated heterocycles. The quantitative estimate of drug-likeness (QED) is 0.598. The van der Waals surface area contributed by atoms with Crippen LogP contribution in [0.25, 0.3) is 11.3 Å². The van der Waals surface area contributed by atoms with E-state index in [1.807, 2.05) is 13.8 Å². The number of aromatic nitrogens is 1. The molecule has 3 aliphatic rings. The van der Waals surface area contributed by atoms with E-state index in [1.54, 1.807) is 6.07 Å². The molecule has 1 aromatic carbocycles. The lowest BCUT2D eigenvalue weighted by Crippen LogP contribution is -2.52. The fourth-order valence-corrected chi connectivity index (χ4v) is 5.62. The molecule has 10 heteroatoms. The van der Waals surface area contributed by atoms with Crippen molar-refractivity contribution in [2.24, 2.45) is 5.92 Å². The van der Waals surface area contributed by atoms with Gasteiger partial charge in [-0.2, -0.15) is 0 Å². The smallest absolute Gasteiger partial charge is 0.255 e. The van der Waals surface area contributed by atoms with Gasteiger partial charge in [-0.25, -0.2) is 8.78 Å². The Kier molecular flexibility index (Phi) is 6.57. The summed E-state index contributed by atoms with van der Waals surface area (Å²) in [5, 5.41) is 12.5. The molecule has 1 unspecified atom stereocenters. The molecule has 37 heavy (non-hydrogen) atoms. The predicted molar refractivity (Wildman–Crippen MR) is 130 cm³/mol. The van der Waals surface area contributed by atoms with E-state index in [9.17, 15) is 19.5 Å². The normalized spacial score (nSPS) is 21.4. The van der Waals surface area contributed by atoms with Crippen LogP contribution in [0.3, 0.4) is 0 Å². The minimum absolute atomic E-state index is 0.0447. The third kappa shape index (κ3) is 4.75. The van der Waals surface area contributed by atoms with E-state index in [0.717, 1.165) is 25.9 Å². The molecule has 1 atom stereocenters. The molecular formula is C27H30F2N4O4. The Morgan fingerprint density at radius 2 is 1.76 bits per heavy atom. The Morgan fingerprint density at radius 1 is 1.05 bits per heavy atom. The summed E-state index contributed by atoms with van der Waals surface area (Å²) in [6.07, 6.45) is 3.33. The zero-order valence-electron chi connectivity index (χ0n) is 20.9. The number of carbonyl (C=O) groups excluding carboxylic acids is 3. The van der Waals surface area contributed by atoms with Gasteiger partial charge in [0.1, 0.15) is 17.6 Å². The van der Waals surface area contributed by atoms with Crippen molar-refractivity contribution in [3.63, 3.8) is 0 Å². The highest BCUT2D eigenvalue weighted by Gasteiger charge is 2.41. The lowest BCUT2D eigenvalue weighted by molar-refractivity contribution is -0.136. The van der Waals surface area contributed by atoms with E-state index in [1.165, 1.54) is 23.2 Å². The van der Waals surface area contributed by atoms with Gasteiger partial charge in [-0.05, 0) is 70.3 Å². The Balaban J connectivity index is 1.36. The number of hydrogen-bond acceptors (Lipinski definition) is 6. The molecule has 1 aromatic heterocycles. The summed E-state index contributed by atoms with van der Waals surface area (Å²) in [6, 6.07) is 3.51. The fourth-order valence-electron chi connectivity index (χ4n) is 5.62. The first-order valence-electron chi connectivity index (χ1n) is 12.6. The molecule has 8 nitrogen and oxygen atoms in total. The van der Waals surface area contributed by atoms with Crippen LogP contribution in [0.5, 0.6) is 0 Å². The van der Waals surface area contributed by atoms with Crippen molar-refractivity contribution < 1.29 is 28.3 Å². The summed E-state index contributed by atoms with van der Waals surface area (Å²) in [4.78, 5) is 44.2. The van der Waals surface area contributed by atoms with Crippen LogP contribution in [0.1, 0.15) is 61.0 Å². The van der Waals surface area contributed by atoms with Crippen molar-refractivity contribution in [1.82, 2.24) is 20.1 Å². The number of benzene rings is 1. The first-order chi connectivity index (χ1) is 17.5. The molecular weight excluding hydrogens is 482 g/mol. The van der Waals surface area contributed by atoms with Crippen LogP contribution in [0.15, 0.2) is 24.4 Å². The molecule has 2 N–H and O–H groups in total. The molecule has 2 aromatic rings. The lowest BCUT2D eigenvalue weighted by Gasteiger charge is -2.37. The third-order valence-corrected chi connectivity index (χ3v) is 7.85. The lowest BCUT2D eigenvalue weighted by atomic mass is 9.83. The number of pyridine rings is 1. The Morgan fingerprint density at radius 3 is 2.43 bits per heavy atom. The van der Waals surface area contributed by atoms with Crippen molar-refractivity contribution in [3.05, 3.63) is 52.7 Å². The number of aliphatic hydroxyl groups is 1. The van der Waals surface area contributed by atoms with E-state index in [4.69, 9.17) is 0 Å². The first kappa shape index (κ1) is 25.4. The van der Waals surface area contributed by atoms with E-state index >= 15 is 8.78 Å². The molecule has 0 spiro atoms. The molecule has 4 heterocycles. The summed E-state index contributed by atoms with van der Waals surface area (Å²) >= 11 is 0. The number of amides is 3. The molecule has 0 bridgehead atoms. The van der Waals surface area contributed by atoms with E-state index in [2.05, 4.69) is 15.2 Å². The van der Waals surface area contributed by atoms with Gasteiger partial charge in [-0.3, -0.25) is 29.6 Å². The molecule has 3 aliphatic heterocycles. The highest BCUT2D eigenvalue weighted by atomic mass is 19.1. The SMILES string of the molecule is CC(C)(O)C1CCN(Cc2ccnc(-c3ccc4c(c3F)CN(C3CCC(=O)NC3=O)C4=O)c2F)CC1. The predicted octanol–water partition coefficient (Wildman–Crippen LogP) is 2.77. The van der Waals surface area contributed by atoms with Crippen molar-refractivity contribution >= 4 is 17.7 Å². The number of rotatable bonds is 5. The summed E-state index contributed by atoms with van der Waals surface area (Å²) in [5.41, 5.74) is -0.313. The van der Waals surface area contributed by atoms with Crippen LogP contribution in [-0.4, -0.2) is 62.3 Å². The highest BCUT2D eigenvalue weighted by Crippen LogP contribution is 2.35. The van der Waals surface area contributed by atoms with Gasteiger partial charge in [0, 0.05) is 41.4 Å². The second-order valence-corrected chi connectivity index (χ2v) is 10.7. The van der Waals surface area contributed by atoms with Crippen LogP contribution < -0.4 is 5.32 Å². The van der Waals surface area contributed by atoms with Crippen LogP contribution >= 0.6 is 0 Å². The van der Waals surface area contributed by atoms with E-state index in [0.29, 0.717) is 12.1 Å². The number of halogens is 2.